The minimum absolute atomic E-state index is 0. The fourth-order valence-electron chi connectivity index (χ4n) is 4.73. The van der Waals surface area contributed by atoms with Crippen LogP contribution in [-0.4, -0.2) is 26.5 Å². The van der Waals surface area contributed by atoms with Crippen molar-refractivity contribution in [3.8, 4) is 33.8 Å². The molecule has 0 N–H and O–H groups in total. The van der Waals surface area contributed by atoms with Crippen molar-refractivity contribution in [1.82, 2.24) is 0 Å². The standard InChI is InChI=1S/C28H28O2P2.C8H12.Rh/c1-29-25-15-7-3-11-21(25)23-13-5-9-17-27(23)31-19-20-32-28-18-10-6-14-24(28)22-12-4-8-16-26(22)30-2;1-2-4-6-8-7-5-3-1;/h3-18,31-32H,19-20H2,1-2H3;1-2,7-8H,3-6H2;/b;2-1-,8-7-;. The fraction of sp³-hybridized carbons (Fsp3) is 0.222. The van der Waals surface area contributed by atoms with Crippen LogP contribution < -0.4 is 20.1 Å². The first-order chi connectivity index (χ1) is 19.8. The van der Waals surface area contributed by atoms with Crippen LogP contribution in [0.1, 0.15) is 25.7 Å². The maximum Gasteiger partial charge on any atom is 0.126 e. The molecule has 215 valence electrons. The molecule has 0 bridgehead atoms. The average Bonchev–Trinajstić information content (AvgIpc) is 3.00. The van der Waals surface area contributed by atoms with E-state index in [0.29, 0.717) is 0 Å². The molecule has 1 radical (unpaired) electrons. The Morgan fingerprint density at radius 1 is 0.463 bits per heavy atom. The van der Waals surface area contributed by atoms with E-state index in [9.17, 15) is 0 Å². The van der Waals surface area contributed by atoms with Gasteiger partial charge in [0.25, 0.3) is 0 Å². The number of hydrogen-bond donors (Lipinski definition) is 0. The Morgan fingerprint density at radius 3 is 1.15 bits per heavy atom. The van der Waals surface area contributed by atoms with E-state index in [2.05, 4.69) is 97.1 Å². The van der Waals surface area contributed by atoms with Gasteiger partial charge in [-0.15, -0.1) is 0 Å². The normalized spacial score (nSPS) is 14.4. The molecule has 5 heteroatoms. The molecule has 0 heterocycles. The molecule has 2 unspecified atom stereocenters. The van der Waals surface area contributed by atoms with E-state index in [1.807, 2.05) is 24.3 Å². The molecule has 41 heavy (non-hydrogen) atoms. The van der Waals surface area contributed by atoms with Gasteiger partial charge in [0.2, 0.25) is 0 Å². The average molecular weight is 670 g/mol. The van der Waals surface area contributed by atoms with E-state index in [1.54, 1.807) is 14.2 Å². The van der Waals surface area contributed by atoms with Gasteiger partial charge in [-0.05, 0) is 71.9 Å². The zero-order valence-electron chi connectivity index (χ0n) is 23.9. The molecule has 0 aliphatic heterocycles. The van der Waals surface area contributed by atoms with Crippen molar-refractivity contribution >= 4 is 27.8 Å². The molecule has 1 aliphatic rings. The third kappa shape index (κ3) is 10.0. The van der Waals surface area contributed by atoms with E-state index in [0.717, 1.165) is 28.7 Å². The Hall–Kier alpha value is -2.56. The van der Waals surface area contributed by atoms with Crippen molar-refractivity contribution in [2.45, 2.75) is 25.7 Å². The molecule has 4 aromatic carbocycles. The van der Waals surface area contributed by atoms with Crippen molar-refractivity contribution in [3.05, 3.63) is 121 Å². The van der Waals surface area contributed by atoms with Crippen LogP contribution in [-0.2, 0) is 19.5 Å². The van der Waals surface area contributed by atoms with Gasteiger partial charge in [-0.25, -0.2) is 0 Å². The third-order valence-electron chi connectivity index (χ3n) is 6.74. The largest absolute Gasteiger partial charge is 0.496 e. The summed E-state index contributed by atoms with van der Waals surface area (Å²) in [6.07, 6.45) is 16.3. The topological polar surface area (TPSA) is 18.5 Å². The summed E-state index contributed by atoms with van der Waals surface area (Å²) in [6.45, 7) is 0. The molecule has 0 saturated carbocycles. The molecule has 2 nitrogen and oxygen atoms in total. The van der Waals surface area contributed by atoms with Crippen LogP contribution in [0.2, 0.25) is 0 Å². The smallest absolute Gasteiger partial charge is 0.126 e. The summed E-state index contributed by atoms with van der Waals surface area (Å²) in [6, 6.07) is 34.0. The summed E-state index contributed by atoms with van der Waals surface area (Å²) in [5, 5.41) is 2.81. The summed E-state index contributed by atoms with van der Waals surface area (Å²) in [5.74, 6) is 1.86. The monoisotopic (exact) mass is 669 g/mol. The van der Waals surface area contributed by atoms with Crippen LogP contribution in [0.25, 0.3) is 22.3 Å². The first kappa shape index (κ1) is 33.0. The third-order valence-corrected chi connectivity index (χ3v) is 9.87. The van der Waals surface area contributed by atoms with Gasteiger partial charge in [-0.2, -0.15) is 0 Å². The summed E-state index contributed by atoms with van der Waals surface area (Å²) in [4.78, 5) is 0. The number of benzene rings is 4. The minimum atomic E-state index is 0. The predicted molar refractivity (Wildman–Crippen MR) is 179 cm³/mol. The SMILES string of the molecule is C1=C\CC/C=C\CC/1.COc1ccccc1-c1ccccc1PCCPc1ccccc1-c1ccccc1OC.[Rh]. The van der Waals surface area contributed by atoms with Gasteiger partial charge in [-0.1, -0.05) is 126 Å². The van der Waals surface area contributed by atoms with Crippen LogP contribution in [0.15, 0.2) is 121 Å². The molecule has 4 aromatic rings. The van der Waals surface area contributed by atoms with Gasteiger partial charge >= 0.3 is 0 Å². The van der Waals surface area contributed by atoms with Gasteiger partial charge in [-0.3, -0.25) is 0 Å². The number of ether oxygens (including phenoxy) is 2. The van der Waals surface area contributed by atoms with E-state index in [-0.39, 0.29) is 19.5 Å². The van der Waals surface area contributed by atoms with E-state index < -0.39 is 0 Å². The Balaban J connectivity index is 0.000000444. The Morgan fingerprint density at radius 2 is 0.780 bits per heavy atom. The molecule has 0 aromatic heterocycles. The zero-order chi connectivity index (χ0) is 27.8. The number of methoxy groups -OCH3 is 2. The molecule has 1 aliphatic carbocycles. The van der Waals surface area contributed by atoms with Crippen LogP contribution >= 0.6 is 17.2 Å². The first-order valence-electron chi connectivity index (χ1n) is 14.0. The minimum Gasteiger partial charge on any atom is -0.496 e. The number of hydrogen-bond acceptors (Lipinski definition) is 2. The number of rotatable bonds is 9. The van der Waals surface area contributed by atoms with Crippen LogP contribution in [0.3, 0.4) is 0 Å². The van der Waals surface area contributed by atoms with Crippen molar-refractivity contribution in [2.24, 2.45) is 0 Å². The Kier molecular flexibility index (Phi) is 15.1. The molecule has 0 spiro atoms. The van der Waals surface area contributed by atoms with Crippen LogP contribution in [0, 0.1) is 0 Å². The summed E-state index contributed by atoms with van der Waals surface area (Å²) in [5.41, 5.74) is 4.89. The maximum absolute atomic E-state index is 5.61. The van der Waals surface area contributed by atoms with Crippen molar-refractivity contribution in [1.29, 1.82) is 0 Å². The van der Waals surface area contributed by atoms with Crippen molar-refractivity contribution in [2.75, 3.05) is 26.5 Å². The van der Waals surface area contributed by atoms with Crippen LogP contribution in [0.5, 0.6) is 11.5 Å². The van der Waals surface area contributed by atoms with Crippen molar-refractivity contribution in [3.63, 3.8) is 0 Å². The summed E-state index contributed by atoms with van der Waals surface area (Å²) < 4.78 is 11.2. The summed E-state index contributed by atoms with van der Waals surface area (Å²) in [7, 11) is 5.01. The Bertz CT molecular complexity index is 1280. The maximum atomic E-state index is 5.61. The van der Waals surface area contributed by atoms with Gasteiger partial charge in [0.15, 0.2) is 0 Å². The second kappa shape index (κ2) is 18.8. The molecule has 5 rings (SSSR count). The first-order valence-corrected chi connectivity index (χ1v) is 16.5. The molecule has 0 saturated heterocycles. The molecular formula is C36H40O2P2Rh. The van der Waals surface area contributed by atoms with Gasteiger partial charge in [0, 0.05) is 30.6 Å². The second-order valence-corrected chi connectivity index (χ2v) is 12.2. The zero-order valence-corrected chi connectivity index (χ0v) is 27.6. The van der Waals surface area contributed by atoms with Crippen molar-refractivity contribution < 1.29 is 29.0 Å². The molecule has 2 atom stereocenters. The number of allylic oxidation sites excluding steroid dienone is 4. The second-order valence-electron chi connectivity index (χ2n) is 9.44. The quantitative estimate of drug-likeness (QED) is 0.0767. The number of para-hydroxylation sites is 2. The van der Waals surface area contributed by atoms with Gasteiger partial charge < -0.3 is 9.47 Å². The molecular weight excluding hydrogens is 629 g/mol. The van der Waals surface area contributed by atoms with E-state index in [4.69, 9.17) is 9.47 Å². The summed E-state index contributed by atoms with van der Waals surface area (Å²) >= 11 is 0. The molecule has 0 fully saturated rings. The van der Waals surface area contributed by atoms with Gasteiger partial charge in [0.05, 0.1) is 14.2 Å². The predicted octanol–water partition coefficient (Wildman–Crippen LogP) is 9.02. The van der Waals surface area contributed by atoms with E-state index >= 15 is 0 Å². The Labute approximate surface area is 263 Å². The van der Waals surface area contributed by atoms with E-state index in [1.165, 1.54) is 70.9 Å². The molecule has 0 amide bonds. The fourth-order valence-corrected chi connectivity index (χ4v) is 7.51. The van der Waals surface area contributed by atoms with Gasteiger partial charge in [0.1, 0.15) is 11.5 Å². The van der Waals surface area contributed by atoms with Crippen LogP contribution in [0.4, 0.5) is 0 Å².